The van der Waals surface area contributed by atoms with Crippen molar-refractivity contribution in [2.45, 2.75) is 23.2 Å². The van der Waals surface area contributed by atoms with Crippen LogP contribution in [-0.2, 0) is 10.0 Å². The van der Waals surface area contributed by atoms with Gasteiger partial charge in [0, 0.05) is 24.5 Å². The first-order valence-corrected chi connectivity index (χ1v) is 12.0. The Morgan fingerprint density at radius 1 is 1.20 bits per heavy atom. The van der Waals surface area contributed by atoms with Gasteiger partial charge in [-0.1, -0.05) is 11.6 Å². The summed E-state index contributed by atoms with van der Waals surface area (Å²) in [5.41, 5.74) is 0.552. The highest BCUT2D eigenvalue weighted by atomic mass is 35.5. The topological polar surface area (TPSA) is 93.6 Å². The van der Waals surface area contributed by atoms with E-state index in [1.54, 1.807) is 19.2 Å². The molecule has 1 aliphatic rings. The summed E-state index contributed by atoms with van der Waals surface area (Å²) in [6.07, 6.45) is 3.26. The van der Waals surface area contributed by atoms with Crippen LogP contribution in [-0.4, -0.2) is 56.6 Å². The van der Waals surface area contributed by atoms with Gasteiger partial charge in [0.2, 0.25) is 0 Å². The number of halogens is 1. The molecule has 1 fully saturated rings. The number of fused-ring (bicyclic) bond motifs is 1. The predicted octanol–water partition coefficient (Wildman–Crippen LogP) is 3.63. The molecule has 1 aromatic carbocycles. The van der Waals surface area contributed by atoms with Crippen molar-refractivity contribution in [2.75, 3.05) is 32.0 Å². The number of piperidine rings is 1. The Kier molecular flexibility index (Phi) is 6.01. The fourth-order valence-corrected chi connectivity index (χ4v) is 5.81. The molecule has 0 spiro atoms. The van der Waals surface area contributed by atoms with Crippen LogP contribution in [0.1, 0.15) is 12.8 Å². The Morgan fingerprint density at radius 2 is 1.97 bits per heavy atom. The molecule has 0 bridgehead atoms. The molecule has 0 radical (unpaired) electrons. The van der Waals surface area contributed by atoms with Gasteiger partial charge in [0.1, 0.15) is 16.6 Å². The number of likely N-dealkylation sites (tertiary alicyclic amines) is 1. The molecule has 3 aromatic rings. The van der Waals surface area contributed by atoms with Gasteiger partial charge in [-0.3, -0.25) is 4.72 Å². The molecule has 8 nitrogen and oxygen atoms in total. The van der Waals surface area contributed by atoms with E-state index >= 15 is 0 Å². The number of nitrogens with zero attached hydrogens (tertiary/aromatic N) is 3. The maximum atomic E-state index is 12.7. The minimum Gasteiger partial charge on any atom is -0.493 e. The highest BCUT2D eigenvalue weighted by Crippen LogP contribution is 2.36. The van der Waals surface area contributed by atoms with Gasteiger partial charge in [0.05, 0.1) is 17.0 Å². The number of ether oxygens (including phenoxy) is 2. The van der Waals surface area contributed by atoms with Crippen LogP contribution >= 0.6 is 22.9 Å². The molecule has 0 saturated carbocycles. The minimum absolute atomic E-state index is 0.0935. The maximum absolute atomic E-state index is 12.7. The predicted molar refractivity (Wildman–Crippen MR) is 117 cm³/mol. The van der Waals surface area contributed by atoms with E-state index in [0.717, 1.165) is 37.3 Å². The molecule has 2 aromatic heterocycles. The van der Waals surface area contributed by atoms with E-state index in [9.17, 15) is 8.42 Å². The van der Waals surface area contributed by atoms with Crippen LogP contribution in [0.3, 0.4) is 0 Å². The first kappa shape index (κ1) is 21.1. The fraction of sp³-hybridized carbons (Fsp3) is 0.368. The van der Waals surface area contributed by atoms with Crippen molar-refractivity contribution in [3.8, 4) is 11.5 Å². The summed E-state index contributed by atoms with van der Waals surface area (Å²) in [6.45, 7) is 1.95. The molecule has 30 heavy (non-hydrogen) atoms. The molecule has 1 saturated heterocycles. The Morgan fingerprint density at radius 3 is 2.63 bits per heavy atom. The van der Waals surface area contributed by atoms with Crippen LogP contribution < -0.4 is 14.2 Å². The van der Waals surface area contributed by atoms with Crippen LogP contribution in [0.5, 0.6) is 11.5 Å². The van der Waals surface area contributed by atoms with Crippen LogP contribution in [0.4, 0.5) is 5.82 Å². The lowest BCUT2D eigenvalue weighted by Crippen LogP contribution is -2.35. The van der Waals surface area contributed by atoms with E-state index in [2.05, 4.69) is 26.6 Å². The lowest BCUT2D eigenvalue weighted by molar-refractivity contribution is 0.111. The van der Waals surface area contributed by atoms with Gasteiger partial charge < -0.3 is 14.4 Å². The van der Waals surface area contributed by atoms with Crippen LogP contribution in [0, 0.1) is 0 Å². The van der Waals surface area contributed by atoms with Crippen LogP contribution in [0.25, 0.3) is 10.9 Å². The number of sulfonamides is 1. The van der Waals surface area contributed by atoms with E-state index in [1.165, 1.54) is 18.5 Å². The van der Waals surface area contributed by atoms with Gasteiger partial charge in [-0.25, -0.2) is 18.4 Å². The van der Waals surface area contributed by atoms with E-state index in [4.69, 9.17) is 21.1 Å². The first-order valence-electron chi connectivity index (χ1n) is 9.32. The third-order valence-corrected chi connectivity index (χ3v) is 7.99. The number of methoxy groups -OCH3 is 1. The zero-order valence-electron chi connectivity index (χ0n) is 16.5. The van der Waals surface area contributed by atoms with Gasteiger partial charge >= 0.3 is 0 Å². The van der Waals surface area contributed by atoms with Gasteiger partial charge in [-0.2, -0.15) is 0 Å². The Labute approximate surface area is 183 Å². The summed E-state index contributed by atoms with van der Waals surface area (Å²) >= 11 is 6.85. The smallest absolute Gasteiger partial charge is 0.272 e. The van der Waals surface area contributed by atoms with Crippen molar-refractivity contribution in [3.63, 3.8) is 0 Å². The Balaban J connectivity index is 1.66. The highest BCUT2D eigenvalue weighted by Gasteiger charge is 2.22. The number of anilines is 1. The van der Waals surface area contributed by atoms with Crippen molar-refractivity contribution >= 4 is 49.7 Å². The van der Waals surface area contributed by atoms with Crippen LogP contribution in [0.15, 0.2) is 34.8 Å². The number of hydrogen-bond acceptors (Lipinski definition) is 8. The molecule has 3 heterocycles. The Bertz CT molecular complexity index is 1160. The second-order valence-electron chi connectivity index (χ2n) is 7.03. The molecule has 1 N–H and O–H groups in total. The number of hydrogen-bond donors (Lipinski definition) is 1. The zero-order valence-corrected chi connectivity index (χ0v) is 18.9. The van der Waals surface area contributed by atoms with Gasteiger partial charge in [-0.15, -0.1) is 11.3 Å². The normalized spacial score (nSPS) is 16.0. The first-order chi connectivity index (χ1) is 14.4. The van der Waals surface area contributed by atoms with Crippen molar-refractivity contribution in [1.82, 2.24) is 14.9 Å². The van der Waals surface area contributed by atoms with Crippen molar-refractivity contribution < 1.29 is 17.9 Å². The van der Waals surface area contributed by atoms with Gasteiger partial charge in [-0.05, 0) is 38.1 Å². The summed E-state index contributed by atoms with van der Waals surface area (Å²) in [5, 5.41) is 0.510. The lowest BCUT2D eigenvalue weighted by atomic mass is 10.1. The minimum atomic E-state index is -3.82. The third-order valence-electron chi connectivity index (χ3n) is 4.92. The second-order valence-corrected chi connectivity index (χ2v) is 10.7. The van der Waals surface area contributed by atoms with Gasteiger partial charge in [0.25, 0.3) is 10.0 Å². The molecule has 0 atom stereocenters. The Hall–Kier alpha value is -2.14. The molecule has 1 aliphatic heterocycles. The van der Waals surface area contributed by atoms with E-state index in [0.29, 0.717) is 26.7 Å². The molecule has 11 heteroatoms. The summed E-state index contributed by atoms with van der Waals surface area (Å²) in [6, 6.07) is 6.44. The van der Waals surface area contributed by atoms with E-state index in [-0.39, 0.29) is 16.1 Å². The molecule has 0 aliphatic carbocycles. The van der Waals surface area contributed by atoms with E-state index < -0.39 is 10.0 Å². The van der Waals surface area contributed by atoms with Crippen molar-refractivity contribution in [1.29, 1.82) is 0 Å². The summed E-state index contributed by atoms with van der Waals surface area (Å²) in [5.74, 6) is 1.24. The van der Waals surface area contributed by atoms with Crippen LogP contribution in [0.2, 0.25) is 4.34 Å². The van der Waals surface area contributed by atoms with E-state index in [1.807, 2.05) is 0 Å². The number of thiophene rings is 1. The average molecular weight is 469 g/mol. The quantitative estimate of drug-likeness (QED) is 0.590. The monoisotopic (exact) mass is 468 g/mol. The van der Waals surface area contributed by atoms with Crippen molar-refractivity contribution in [3.05, 3.63) is 34.9 Å². The lowest BCUT2D eigenvalue weighted by Gasteiger charge is -2.29. The second kappa shape index (κ2) is 8.54. The third kappa shape index (κ3) is 4.46. The molecular weight excluding hydrogens is 448 g/mol. The molecule has 0 unspecified atom stereocenters. The molecule has 0 amide bonds. The largest absolute Gasteiger partial charge is 0.493 e. The number of aromatic nitrogens is 2. The zero-order chi connectivity index (χ0) is 21.3. The van der Waals surface area contributed by atoms with Gasteiger partial charge in [0.15, 0.2) is 17.3 Å². The summed E-state index contributed by atoms with van der Waals surface area (Å²) < 4.78 is 40.1. The number of rotatable bonds is 6. The average Bonchev–Trinajstić information content (AvgIpc) is 3.17. The number of nitrogens with one attached hydrogen (secondary N) is 1. The van der Waals surface area contributed by atoms with Crippen molar-refractivity contribution in [2.24, 2.45) is 0 Å². The molecule has 160 valence electrons. The standard InChI is InChI=1S/C19H21ClN4O4S2/c1-24-7-5-12(6-8-24)28-16-10-14-13(9-15(16)27-2)19(22-11-21-14)23-30(25,26)18-4-3-17(20)29-18/h3-4,9-12H,5-8H2,1-2H3,(H,21,22,23). The molecule has 4 rings (SSSR count). The molecular formula is C19H21ClN4O4S2. The summed E-state index contributed by atoms with van der Waals surface area (Å²) in [7, 11) is -0.185. The fourth-order valence-electron chi connectivity index (χ4n) is 3.30. The summed E-state index contributed by atoms with van der Waals surface area (Å²) in [4.78, 5) is 10.7. The highest BCUT2D eigenvalue weighted by molar-refractivity contribution is 7.94. The number of benzene rings is 1. The SMILES string of the molecule is COc1cc2c(NS(=O)(=O)c3ccc(Cl)s3)ncnc2cc1OC1CCN(C)CC1. The maximum Gasteiger partial charge on any atom is 0.272 e.